The van der Waals surface area contributed by atoms with Gasteiger partial charge in [0.25, 0.3) is 0 Å². The summed E-state index contributed by atoms with van der Waals surface area (Å²) in [6.45, 7) is 6.63. The molecule has 2 aliphatic heterocycles. The Morgan fingerprint density at radius 3 is 2.75 bits per heavy atom. The van der Waals surface area contributed by atoms with Crippen molar-refractivity contribution >= 4 is 5.78 Å². The summed E-state index contributed by atoms with van der Waals surface area (Å²) in [5.41, 5.74) is 2.02. The van der Waals surface area contributed by atoms with Crippen LogP contribution >= 0.6 is 0 Å². The summed E-state index contributed by atoms with van der Waals surface area (Å²) in [6.07, 6.45) is 7.15. The summed E-state index contributed by atoms with van der Waals surface area (Å²) in [5, 5.41) is 10.6. The number of benzene rings is 1. The minimum absolute atomic E-state index is 0.211. The summed E-state index contributed by atoms with van der Waals surface area (Å²) in [6, 6.07) is 4.38. The number of phenols is 1. The van der Waals surface area contributed by atoms with Crippen LogP contribution in [0.3, 0.4) is 0 Å². The van der Waals surface area contributed by atoms with Gasteiger partial charge in [-0.2, -0.15) is 0 Å². The van der Waals surface area contributed by atoms with Crippen LogP contribution in [0.1, 0.15) is 63.5 Å². The van der Waals surface area contributed by atoms with Gasteiger partial charge in [-0.25, -0.2) is 0 Å². The fourth-order valence-electron chi connectivity index (χ4n) is 7.33. The van der Waals surface area contributed by atoms with E-state index >= 15 is 0 Å². The minimum atomic E-state index is -0.404. The number of carbonyl (C=O) groups excluding carboxylic acids is 1. The molecule has 1 spiro atoms. The molecular weight excluding hydrogens is 350 g/mol. The highest BCUT2D eigenvalue weighted by Crippen LogP contribution is 2.66. The minimum Gasteiger partial charge on any atom is -0.504 e. The molecule has 1 aromatic carbocycles. The molecule has 0 unspecified atom stereocenters. The number of carbonyl (C=O) groups is 1. The maximum Gasteiger partial charge on any atom is 0.180 e. The summed E-state index contributed by atoms with van der Waals surface area (Å²) in [7, 11) is 0. The first-order valence-corrected chi connectivity index (χ1v) is 11.3. The van der Waals surface area contributed by atoms with E-state index in [1.165, 1.54) is 30.5 Å². The molecule has 4 heteroatoms. The Hall–Kier alpha value is -1.55. The van der Waals surface area contributed by atoms with E-state index in [9.17, 15) is 9.90 Å². The van der Waals surface area contributed by atoms with E-state index in [1.807, 2.05) is 0 Å². The molecule has 150 valence electrons. The maximum absolute atomic E-state index is 13.8. The number of nitrogens with zero attached hydrogens (tertiary/aromatic N) is 1. The number of phenolic OH excluding ortho intramolecular Hbond substituents is 1. The van der Waals surface area contributed by atoms with Crippen molar-refractivity contribution in [2.24, 2.45) is 17.3 Å². The highest BCUT2D eigenvalue weighted by molar-refractivity contribution is 5.94. The van der Waals surface area contributed by atoms with Crippen LogP contribution in [0.15, 0.2) is 12.1 Å². The third kappa shape index (κ3) is 1.93. The highest BCUT2D eigenvalue weighted by Gasteiger charge is 2.70. The molecule has 0 amide bonds. The van der Waals surface area contributed by atoms with Gasteiger partial charge in [-0.15, -0.1) is 0 Å². The molecule has 6 rings (SSSR count). The van der Waals surface area contributed by atoms with E-state index in [0.29, 0.717) is 23.5 Å². The Kier molecular flexibility index (Phi) is 3.42. The van der Waals surface area contributed by atoms with Gasteiger partial charge < -0.3 is 9.84 Å². The Bertz CT molecular complexity index is 856. The van der Waals surface area contributed by atoms with Gasteiger partial charge in [0, 0.05) is 29.0 Å². The number of hydrogen-bond acceptors (Lipinski definition) is 4. The predicted molar refractivity (Wildman–Crippen MR) is 107 cm³/mol. The fraction of sp³-hybridized carbons (Fsp3) is 0.708. The smallest absolute Gasteiger partial charge is 0.180 e. The topological polar surface area (TPSA) is 49.8 Å². The largest absolute Gasteiger partial charge is 0.504 e. The Morgan fingerprint density at radius 2 is 2.04 bits per heavy atom. The number of hydrogen-bond donors (Lipinski definition) is 1. The van der Waals surface area contributed by atoms with E-state index in [2.05, 4.69) is 24.8 Å². The molecule has 2 bridgehead atoms. The van der Waals surface area contributed by atoms with Crippen molar-refractivity contribution in [1.29, 1.82) is 0 Å². The Labute approximate surface area is 167 Å². The second-order valence-electron chi connectivity index (χ2n) is 10.1. The maximum atomic E-state index is 13.8. The van der Waals surface area contributed by atoms with Crippen LogP contribution < -0.4 is 4.74 Å². The summed E-state index contributed by atoms with van der Waals surface area (Å²) < 4.78 is 6.39. The van der Waals surface area contributed by atoms with E-state index in [-0.39, 0.29) is 16.6 Å². The molecule has 3 aliphatic carbocycles. The number of Topliss-reactive ketones (excluding diaryl/α,β-unsaturated/α-hetero) is 1. The fourth-order valence-corrected chi connectivity index (χ4v) is 7.33. The Morgan fingerprint density at radius 1 is 1.25 bits per heavy atom. The van der Waals surface area contributed by atoms with Crippen LogP contribution in [-0.4, -0.2) is 41.0 Å². The van der Waals surface area contributed by atoms with Gasteiger partial charge >= 0.3 is 0 Å². The van der Waals surface area contributed by atoms with Gasteiger partial charge in [-0.05, 0) is 75.0 Å². The Balaban J connectivity index is 1.54. The lowest BCUT2D eigenvalue weighted by Crippen LogP contribution is -2.69. The lowest BCUT2D eigenvalue weighted by Gasteiger charge is -2.61. The number of ether oxygens (including phenoxy) is 1. The molecule has 1 aromatic rings. The zero-order valence-corrected chi connectivity index (χ0v) is 17.0. The number of piperidine rings is 1. The lowest BCUT2D eigenvalue weighted by molar-refractivity contribution is -0.157. The van der Waals surface area contributed by atoms with E-state index in [0.717, 1.165) is 44.6 Å². The summed E-state index contributed by atoms with van der Waals surface area (Å²) in [4.78, 5) is 16.5. The average Bonchev–Trinajstić information content (AvgIpc) is 3.45. The first kappa shape index (κ1) is 17.3. The highest BCUT2D eigenvalue weighted by atomic mass is 16.5. The lowest BCUT2D eigenvalue weighted by atomic mass is 9.46. The third-order valence-electron chi connectivity index (χ3n) is 9.14. The molecular formula is C24H31NO3. The number of rotatable bonds is 4. The SMILES string of the molecule is CCC1(CC)C[C@H]2[C@H]3Cc4ccc(O)c5c4[C@@]2(CCN3CC2CC2)[C@@H](O5)C1=O. The molecule has 0 radical (unpaired) electrons. The van der Waals surface area contributed by atoms with E-state index in [1.54, 1.807) is 6.07 Å². The van der Waals surface area contributed by atoms with Crippen molar-refractivity contribution in [3.63, 3.8) is 0 Å². The van der Waals surface area contributed by atoms with Gasteiger partial charge in [0.05, 0.1) is 0 Å². The second kappa shape index (κ2) is 5.53. The molecule has 4 atom stereocenters. The molecule has 2 saturated carbocycles. The van der Waals surface area contributed by atoms with Gasteiger partial charge in [0.15, 0.2) is 23.4 Å². The van der Waals surface area contributed by atoms with Crippen molar-refractivity contribution in [2.75, 3.05) is 13.1 Å². The molecule has 5 aliphatic rings. The van der Waals surface area contributed by atoms with Crippen LogP contribution in [0, 0.1) is 17.3 Å². The molecule has 2 heterocycles. The molecule has 1 N–H and O–H groups in total. The molecule has 28 heavy (non-hydrogen) atoms. The molecule has 3 fully saturated rings. The first-order valence-electron chi connectivity index (χ1n) is 11.3. The van der Waals surface area contributed by atoms with Crippen LogP contribution in [-0.2, 0) is 16.6 Å². The number of likely N-dealkylation sites (tertiary alicyclic amines) is 1. The zero-order valence-electron chi connectivity index (χ0n) is 17.0. The summed E-state index contributed by atoms with van der Waals surface area (Å²) >= 11 is 0. The molecule has 4 nitrogen and oxygen atoms in total. The molecule has 0 aromatic heterocycles. The van der Waals surface area contributed by atoms with Crippen molar-refractivity contribution in [3.8, 4) is 11.5 Å². The molecule has 1 saturated heterocycles. The zero-order chi connectivity index (χ0) is 19.3. The normalized spacial score (nSPS) is 37.5. The summed E-state index contributed by atoms with van der Waals surface area (Å²) in [5.74, 6) is 2.48. The predicted octanol–water partition coefficient (Wildman–Crippen LogP) is 3.83. The van der Waals surface area contributed by atoms with Gasteiger partial charge in [0.1, 0.15) is 0 Å². The third-order valence-corrected chi connectivity index (χ3v) is 9.14. The monoisotopic (exact) mass is 381 g/mol. The van der Waals surface area contributed by atoms with Gasteiger partial charge in [-0.1, -0.05) is 19.9 Å². The van der Waals surface area contributed by atoms with E-state index < -0.39 is 6.10 Å². The van der Waals surface area contributed by atoms with Crippen molar-refractivity contribution < 1.29 is 14.6 Å². The van der Waals surface area contributed by atoms with Gasteiger partial charge in [0.2, 0.25) is 0 Å². The van der Waals surface area contributed by atoms with Crippen molar-refractivity contribution in [3.05, 3.63) is 23.3 Å². The van der Waals surface area contributed by atoms with Crippen LogP contribution in [0.2, 0.25) is 0 Å². The number of aromatic hydroxyl groups is 1. The van der Waals surface area contributed by atoms with Crippen molar-refractivity contribution in [1.82, 2.24) is 4.90 Å². The van der Waals surface area contributed by atoms with Crippen LogP contribution in [0.4, 0.5) is 0 Å². The van der Waals surface area contributed by atoms with Crippen molar-refractivity contribution in [2.45, 2.75) is 76.4 Å². The van der Waals surface area contributed by atoms with E-state index in [4.69, 9.17) is 4.74 Å². The number of ketones is 1. The second-order valence-corrected chi connectivity index (χ2v) is 10.1. The average molecular weight is 382 g/mol. The van der Waals surface area contributed by atoms with Crippen LogP contribution in [0.5, 0.6) is 11.5 Å². The quantitative estimate of drug-likeness (QED) is 0.861. The van der Waals surface area contributed by atoms with Crippen LogP contribution in [0.25, 0.3) is 0 Å². The first-order chi connectivity index (χ1) is 13.5. The standard InChI is InChI=1S/C24H31NO3/c1-3-23(4-2)12-16-17-11-15-7-8-18(26)20-19(15)24(16,22(28-20)21(23)27)9-10-25(17)13-14-5-6-14/h7-8,14,16-17,22,26H,3-6,9-13H2,1-2H3/t16-,17+,22-,24-/m0/s1. The van der Waals surface area contributed by atoms with Gasteiger partial charge in [-0.3, -0.25) is 9.69 Å².